The van der Waals surface area contributed by atoms with Crippen molar-refractivity contribution in [3.05, 3.63) is 23.2 Å². The topological polar surface area (TPSA) is 80.0 Å². The number of thioether (sulfide) groups is 1. The number of nitrogens with zero attached hydrogens (tertiary/aromatic N) is 5. The third-order valence-electron chi connectivity index (χ3n) is 3.78. The van der Waals surface area contributed by atoms with E-state index in [0.29, 0.717) is 6.04 Å². The Morgan fingerprint density at radius 1 is 1.54 bits per heavy atom. The maximum Gasteiger partial charge on any atom is 0.191 e. The van der Waals surface area contributed by atoms with Gasteiger partial charge in [0.1, 0.15) is 16.0 Å². The summed E-state index contributed by atoms with van der Waals surface area (Å²) in [6.45, 7) is 3.69. The first-order valence-electron chi connectivity index (χ1n) is 8.14. The van der Waals surface area contributed by atoms with E-state index in [1.807, 2.05) is 30.2 Å². The first kappa shape index (κ1) is 17.2. The van der Waals surface area contributed by atoms with Crippen LogP contribution < -0.4 is 10.6 Å². The van der Waals surface area contributed by atoms with Crippen LogP contribution in [0.3, 0.4) is 0 Å². The summed E-state index contributed by atoms with van der Waals surface area (Å²) in [5.41, 5.74) is 0. The van der Waals surface area contributed by atoms with E-state index in [4.69, 9.17) is 0 Å². The highest BCUT2D eigenvalue weighted by Crippen LogP contribution is 2.20. The molecule has 0 aliphatic carbocycles. The van der Waals surface area contributed by atoms with Gasteiger partial charge in [-0.1, -0.05) is 11.8 Å². The van der Waals surface area contributed by atoms with Gasteiger partial charge in [-0.15, -0.1) is 11.3 Å². The van der Waals surface area contributed by atoms with Crippen LogP contribution in [-0.2, 0) is 13.0 Å². The van der Waals surface area contributed by atoms with E-state index < -0.39 is 0 Å². The van der Waals surface area contributed by atoms with Crippen LogP contribution in [0.2, 0.25) is 0 Å². The molecular formula is C15H23N7S2. The summed E-state index contributed by atoms with van der Waals surface area (Å²) in [5, 5.41) is 13.3. The normalized spacial score (nSPS) is 17.6. The van der Waals surface area contributed by atoms with Gasteiger partial charge in [-0.3, -0.25) is 4.99 Å². The molecule has 2 aromatic heterocycles. The fraction of sp³-hybridized carbons (Fsp3) is 0.600. The first-order chi connectivity index (χ1) is 11.7. The van der Waals surface area contributed by atoms with Crippen LogP contribution in [0.5, 0.6) is 0 Å². The van der Waals surface area contributed by atoms with Gasteiger partial charge in [0.15, 0.2) is 5.96 Å². The van der Waals surface area contributed by atoms with Gasteiger partial charge in [0.2, 0.25) is 0 Å². The summed E-state index contributed by atoms with van der Waals surface area (Å²) in [6, 6.07) is 0.342. The van der Waals surface area contributed by atoms with E-state index in [9.17, 15) is 0 Å². The summed E-state index contributed by atoms with van der Waals surface area (Å²) in [5.74, 6) is 3.86. The van der Waals surface area contributed by atoms with Gasteiger partial charge in [0.25, 0.3) is 0 Å². The summed E-state index contributed by atoms with van der Waals surface area (Å²) in [7, 11) is 1.81. The van der Waals surface area contributed by atoms with E-state index in [1.54, 1.807) is 23.1 Å². The van der Waals surface area contributed by atoms with Crippen molar-refractivity contribution in [2.75, 3.05) is 19.3 Å². The van der Waals surface area contributed by atoms with Gasteiger partial charge in [-0.2, -0.15) is 5.10 Å². The zero-order valence-corrected chi connectivity index (χ0v) is 15.7. The van der Waals surface area contributed by atoms with Crippen molar-refractivity contribution in [2.45, 2.75) is 43.1 Å². The van der Waals surface area contributed by atoms with Crippen LogP contribution in [0.1, 0.15) is 24.5 Å². The SMILES string of the molecule is CN=C(NCCCSc1nccs1)NC1CCc2nc(C)nn2C1. The Hall–Kier alpha value is -1.61. The van der Waals surface area contributed by atoms with Crippen molar-refractivity contribution in [3.63, 3.8) is 0 Å². The molecule has 0 bridgehead atoms. The van der Waals surface area contributed by atoms with Crippen LogP contribution in [0, 0.1) is 6.92 Å². The standard InChI is InChI=1S/C15H23N7S2/c1-11-19-13-5-4-12(10-22(13)21-11)20-14(16-2)17-6-3-8-23-15-18-7-9-24-15/h7,9,12H,3-6,8,10H2,1-2H3,(H2,16,17,20). The van der Waals surface area contributed by atoms with Crippen molar-refractivity contribution < 1.29 is 0 Å². The van der Waals surface area contributed by atoms with E-state index in [2.05, 4.69) is 30.7 Å². The highest BCUT2D eigenvalue weighted by molar-refractivity contribution is 8.00. The molecular weight excluding hydrogens is 342 g/mol. The molecule has 0 saturated heterocycles. The Bertz CT molecular complexity index is 665. The van der Waals surface area contributed by atoms with E-state index >= 15 is 0 Å². The number of nitrogens with one attached hydrogen (secondary N) is 2. The number of hydrogen-bond acceptors (Lipinski definition) is 6. The molecule has 2 aromatic rings. The lowest BCUT2D eigenvalue weighted by Gasteiger charge is -2.25. The lowest BCUT2D eigenvalue weighted by molar-refractivity contribution is 0.392. The number of guanidine groups is 1. The second-order valence-electron chi connectivity index (χ2n) is 5.64. The van der Waals surface area contributed by atoms with Crippen molar-refractivity contribution in [1.82, 2.24) is 30.4 Å². The van der Waals surface area contributed by atoms with Gasteiger partial charge >= 0.3 is 0 Å². The second-order valence-corrected chi connectivity index (χ2v) is 7.87. The van der Waals surface area contributed by atoms with Crippen LogP contribution >= 0.6 is 23.1 Å². The molecule has 24 heavy (non-hydrogen) atoms. The number of fused-ring (bicyclic) bond motifs is 1. The predicted octanol–water partition coefficient (Wildman–Crippen LogP) is 1.71. The minimum Gasteiger partial charge on any atom is -0.356 e. The average molecular weight is 366 g/mol. The number of aromatic nitrogens is 4. The molecule has 9 heteroatoms. The van der Waals surface area contributed by atoms with Crippen LogP contribution in [-0.4, -0.2) is 51.1 Å². The molecule has 7 nitrogen and oxygen atoms in total. The molecule has 0 spiro atoms. The molecule has 0 amide bonds. The van der Waals surface area contributed by atoms with Gasteiger partial charge in [-0.25, -0.2) is 14.6 Å². The van der Waals surface area contributed by atoms with Crippen molar-refractivity contribution in [2.24, 2.45) is 4.99 Å². The fourth-order valence-corrected chi connectivity index (χ4v) is 4.31. The zero-order valence-electron chi connectivity index (χ0n) is 14.0. The Morgan fingerprint density at radius 2 is 2.46 bits per heavy atom. The van der Waals surface area contributed by atoms with Crippen molar-refractivity contribution in [3.8, 4) is 0 Å². The third kappa shape index (κ3) is 4.70. The minimum absolute atomic E-state index is 0.342. The molecule has 1 unspecified atom stereocenters. The van der Waals surface area contributed by atoms with E-state index in [-0.39, 0.29) is 0 Å². The molecule has 2 N–H and O–H groups in total. The molecule has 1 aliphatic rings. The van der Waals surface area contributed by atoms with Gasteiger partial charge in [0.05, 0.1) is 6.54 Å². The molecule has 0 saturated carbocycles. The Labute approximate surface area is 150 Å². The Balaban J connectivity index is 1.37. The summed E-state index contributed by atoms with van der Waals surface area (Å²) in [6.07, 6.45) is 4.93. The smallest absolute Gasteiger partial charge is 0.191 e. The summed E-state index contributed by atoms with van der Waals surface area (Å²) >= 11 is 3.50. The van der Waals surface area contributed by atoms with Crippen LogP contribution in [0.15, 0.2) is 20.9 Å². The molecule has 0 radical (unpaired) electrons. The van der Waals surface area contributed by atoms with Gasteiger partial charge in [-0.05, 0) is 19.8 Å². The summed E-state index contributed by atoms with van der Waals surface area (Å²) in [4.78, 5) is 13.0. The maximum absolute atomic E-state index is 4.45. The second kappa shape index (κ2) is 8.48. The molecule has 0 fully saturated rings. The Kier molecular flexibility index (Phi) is 6.08. The molecule has 1 aliphatic heterocycles. The molecule has 1 atom stereocenters. The highest BCUT2D eigenvalue weighted by Gasteiger charge is 2.21. The largest absolute Gasteiger partial charge is 0.356 e. The molecule has 3 rings (SSSR count). The minimum atomic E-state index is 0.342. The number of aryl methyl sites for hydroxylation is 2. The lowest BCUT2D eigenvalue weighted by atomic mass is 10.1. The van der Waals surface area contributed by atoms with Crippen molar-refractivity contribution >= 4 is 29.1 Å². The molecule has 3 heterocycles. The van der Waals surface area contributed by atoms with Crippen LogP contribution in [0.25, 0.3) is 0 Å². The predicted molar refractivity (Wildman–Crippen MR) is 98.8 cm³/mol. The fourth-order valence-electron chi connectivity index (χ4n) is 2.66. The van der Waals surface area contributed by atoms with Crippen molar-refractivity contribution in [1.29, 1.82) is 0 Å². The Morgan fingerprint density at radius 3 is 3.25 bits per heavy atom. The third-order valence-corrected chi connectivity index (χ3v) is 5.83. The van der Waals surface area contributed by atoms with Gasteiger partial charge in [0, 0.05) is 43.4 Å². The zero-order chi connectivity index (χ0) is 16.8. The number of thiazole rings is 1. The monoisotopic (exact) mass is 365 g/mol. The van der Waals surface area contributed by atoms with E-state index in [1.165, 1.54) is 0 Å². The quantitative estimate of drug-likeness (QED) is 0.351. The van der Waals surface area contributed by atoms with Gasteiger partial charge < -0.3 is 10.6 Å². The first-order valence-corrected chi connectivity index (χ1v) is 10.0. The number of rotatable bonds is 6. The molecule has 130 valence electrons. The average Bonchev–Trinajstić information content (AvgIpc) is 3.21. The van der Waals surface area contributed by atoms with Crippen LogP contribution in [0.4, 0.5) is 0 Å². The maximum atomic E-state index is 4.45. The number of aliphatic imine (C=N–C) groups is 1. The lowest BCUT2D eigenvalue weighted by Crippen LogP contribution is -2.47. The van der Waals surface area contributed by atoms with E-state index in [0.717, 1.165) is 60.1 Å². The summed E-state index contributed by atoms with van der Waals surface area (Å²) < 4.78 is 3.15. The number of hydrogen-bond donors (Lipinski definition) is 2. The highest BCUT2D eigenvalue weighted by atomic mass is 32.2. The molecule has 0 aromatic carbocycles.